The first-order valence-corrected chi connectivity index (χ1v) is 6.80. The molecule has 0 bridgehead atoms. The van der Waals surface area contributed by atoms with Gasteiger partial charge in [0.2, 0.25) is 0 Å². The van der Waals surface area contributed by atoms with Crippen molar-refractivity contribution < 1.29 is 4.74 Å². The van der Waals surface area contributed by atoms with Gasteiger partial charge in [0.25, 0.3) is 0 Å². The number of nitrogens with one attached hydrogen (secondary N) is 1. The van der Waals surface area contributed by atoms with Gasteiger partial charge in [0.05, 0.1) is 17.6 Å². The highest BCUT2D eigenvalue weighted by atomic mass is 35.5. The number of nitrogens with two attached hydrogens (primary N) is 1. The summed E-state index contributed by atoms with van der Waals surface area (Å²) < 4.78 is 5.15. The highest BCUT2D eigenvalue weighted by Gasteiger charge is 2.05. The molecule has 0 aliphatic rings. The van der Waals surface area contributed by atoms with Crippen molar-refractivity contribution in [1.82, 2.24) is 4.98 Å². The van der Waals surface area contributed by atoms with Crippen molar-refractivity contribution >= 4 is 39.6 Å². The van der Waals surface area contributed by atoms with Crippen LogP contribution in [0.25, 0.3) is 10.9 Å². The van der Waals surface area contributed by atoms with Gasteiger partial charge in [-0.3, -0.25) is 4.98 Å². The SMILES string of the molecule is COc1ccc(Nc2ccnc3cc(N)ccc23)cc1Cl. The summed E-state index contributed by atoms with van der Waals surface area (Å²) >= 11 is 6.14. The quantitative estimate of drug-likeness (QED) is 0.711. The predicted molar refractivity (Wildman–Crippen MR) is 87.4 cm³/mol. The molecular weight excluding hydrogens is 286 g/mol. The highest BCUT2D eigenvalue weighted by Crippen LogP contribution is 2.31. The number of methoxy groups -OCH3 is 1. The second-order valence-electron chi connectivity index (χ2n) is 4.61. The number of pyridine rings is 1. The van der Waals surface area contributed by atoms with E-state index < -0.39 is 0 Å². The molecule has 0 saturated heterocycles. The van der Waals surface area contributed by atoms with Crippen LogP contribution < -0.4 is 15.8 Å². The van der Waals surface area contributed by atoms with E-state index in [-0.39, 0.29) is 0 Å². The third-order valence-corrected chi connectivity index (χ3v) is 3.49. The molecule has 21 heavy (non-hydrogen) atoms. The molecule has 0 spiro atoms. The minimum Gasteiger partial charge on any atom is -0.495 e. The van der Waals surface area contributed by atoms with Gasteiger partial charge in [0.1, 0.15) is 5.75 Å². The summed E-state index contributed by atoms with van der Waals surface area (Å²) in [6, 6.07) is 13.1. The van der Waals surface area contributed by atoms with Gasteiger partial charge in [0.15, 0.2) is 0 Å². The van der Waals surface area contributed by atoms with Crippen LogP contribution in [0.4, 0.5) is 17.1 Å². The van der Waals surface area contributed by atoms with Crippen molar-refractivity contribution in [3.8, 4) is 5.75 Å². The van der Waals surface area contributed by atoms with E-state index in [1.54, 1.807) is 13.3 Å². The zero-order chi connectivity index (χ0) is 14.8. The van der Waals surface area contributed by atoms with E-state index in [1.165, 1.54) is 0 Å². The zero-order valence-corrected chi connectivity index (χ0v) is 12.2. The summed E-state index contributed by atoms with van der Waals surface area (Å²) in [5.41, 5.74) is 9.15. The van der Waals surface area contributed by atoms with Gasteiger partial charge in [-0.25, -0.2) is 0 Å². The van der Waals surface area contributed by atoms with Gasteiger partial charge in [-0.15, -0.1) is 0 Å². The first-order chi connectivity index (χ1) is 10.2. The molecular formula is C16H14ClN3O. The van der Waals surface area contributed by atoms with E-state index in [2.05, 4.69) is 10.3 Å². The number of nitrogens with zero attached hydrogens (tertiary/aromatic N) is 1. The van der Waals surface area contributed by atoms with E-state index in [0.29, 0.717) is 16.5 Å². The Balaban J connectivity index is 2.00. The van der Waals surface area contributed by atoms with Gasteiger partial charge >= 0.3 is 0 Å². The fourth-order valence-corrected chi connectivity index (χ4v) is 2.43. The first kappa shape index (κ1) is 13.5. The van der Waals surface area contributed by atoms with Crippen molar-refractivity contribution in [3.05, 3.63) is 53.7 Å². The van der Waals surface area contributed by atoms with E-state index in [9.17, 15) is 0 Å². The summed E-state index contributed by atoms with van der Waals surface area (Å²) in [5, 5.41) is 4.90. The lowest BCUT2D eigenvalue weighted by Crippen LogP contribution is -1.94. The Hall–Kier alpha value is -2.46. The summed E-state index contributed by atoms with van der Waals surface area (Å²) in [6.45, 7) is 0. The Bertz CT molecular complexity index is 805. The van der Waals surface area contributed by atoms with E-state index >= 15 is 0 Å². The van der Waals surface area contributed by atoms with Gasteiger partial charge in [0, 0.05) is 28.6 Å². The molecule has 0 unspecified atom stereocenters. The van der Waals surface area contributed by atoms with Crippen LogP contribution in [0.2, 0.25) is 5.02 Å². The maximum absolute atomic E-state index is 6.14. The van der Waals surface area contributed by atoms with Crippen LogP contribution in [0.15, 0.2) is 48.7 Å². The molecule has 5 heteroatoms. The van der Waals surface area contributed by atoms with Crippen LogP contribution in [0.5, 0.6) is 5.75 Å². The third kappa shape index (κ3) is 2.71. The number of ether oxygens (including phenoxy) is 1. The summed E-state index contributed by atoms with van der Waals surface area (Å²) in [5.74, 6) is 0.648. The second-order valence-corrected chi connectivity index (χ2v) is 5.02. The minimum atomic E-state index is 0.560. The van der Waals surface area contributed by atoms with Crippen molar-refractivity contribution in [2.75, 3.05) is 18.2 Å². The average molecular weight is 300 g/mol. The minimum absolute atomic E-state index is 0.560. The molecule has 3 aromatic rings. The number of aromatic nitrogens is 1. The molecule has 4 nitrogen and oxygen atoms in total. The molecule has 1 heterocycles. The molecule has 0 saturated carbocycles. The van der Waals surface area contributed by atoms with Crippen molar-refractivity contribution in [3.63, 3.8) is 0 Å². The number of nitrogen functional groups attached to an aromatic ring is 1. The normalized spacial score (nSPS) is 10.6. The molecule has 3 rings (SSSR count). The highest BCUT2D eigenvalue weighted by molar-refractivity contribution is 6.32. The Labute approximate surface area is 127 Å². The standard InChI is InChI=1S/C16H14ClN3O/c1-21-16-5-3-11(9-13(16)17)20-14-6-7-19-15-8-10(18)2-4-12(14)15/h2-9H,18H2,1H3,(H,19,20). The second kappa shape index (κ2) is 5.50. The Morgan fingerprint density at radius 1 is 1.14 bits per heavy atom. The van der Waals surface area contributed by atoms with E-state index in [1.807, 2.05) is 42.5 Å². The third-order valence-electron chi connectivity index (χ3n) is 3.20. The van der Waals surface area contributed by atoms with Crippen LogP contribution in [0, 0.1) is 0 Å². The number of benzene rings is 2. The molecule has 0 aliphatic carbocycles. The van der Waals surface area contributed by atoms with Crippen molar-refractivity contribution in [2.24, 2.45) is 0 Å². The summed E-state index contributed by atoms with van der Waals surface area (Å²) in [4.78, 5) is 4.32. The van der Waals surface area contributed by atoms with Gasteiger partial charge < -0.3 is 15.8 Å². The average Bonchev–Trinajstić information content (AvgIpc) is 2.47. The van der Waals surface area contributed by atoms with Gasteiger partial charge in [-0.05, 0) is 42.5 Å². The Kier molecular flexibility index (Phi) is 3.54. The molecule has 3 N–H and O–H groups in total. The topological polar surface area (TPSA) is 60.2 Å². The van der Waals surface area contributed by atoms with Crippen LogP contribution in [0.3, 0.4) is 0 Å². The largest absolute Gasteiger partial charge is 0.495 e. The molecule has 0 aliphatic heterocycles. The molecule has 0 amide bonds. The molecule has 0 fully saturated rings. The van der Waals surface area contributed by atoms with Crippen LogP contribution in [0.1, 0.15) is 0 Å². The molecule has 0 radical (unpaired) electrons. The number of hydrogen-bond donors (Lipinski definition) is 2. The lowest BCUT2D eigenvalue weighted by molar-refractivity contribution is 0.415. The Morgan fingerprint density at radius 3 is 2.76 bits per heavy atom. The first-order valence-electron chi connectivity index (χ1n) is 6.42. The predicted octanol–water partition coefficient (Wildman–Crippen LogP) is 4.22. The smallest absolute Gasteiger partial charge is 0.137 e. The van der Waals surface area contributed by atoms with Crippen molar-refractivity contribution in [1.29, 1.82) is 0 Å². The van der Waals surface area contributed by atoms with Crippen LogP contribution in [-0.2, 0) is 0 Å². The van der Waals surface area contributed by atoms with Crippen molar-refractivity contribution in [2.45, 2.75) is 0 Å². The van der Waals surface area contributed by atoms with Crippen LogP contribution in [-0.4, -0.2) is 12.1 Å². The molecule has 0 atom stereocenters. The molecule has 106 valence electrons. The Morgan fingerprint density at radius 2 is 2.00 bits per heavy atom. The number of rotatable bonds is 3. The molecule has 2 aromatic carbocycles. The van der Waals surface area contributed by atoms with Crippen LogP contribution >= 0.6 is 11.6 Å². The lowest BCUT2D eigenvalue weighted by Gasteiger charge is -2.11. The maximum Gasteiger partial charge on any atom is 0.137 e. The van der Waals surface area contributed by atoms with Gasteiger partial charge in [-0.2, -0.15) is 0 Å². The number of anilines is 3. The van der Waals surface area contributed by atoms with Gasteiger partial charge in [-0.1, -0.05) is 11.6 Å². The molecule has 1 aromatic heterocycles. The lowest BCUT2D eigenvalue weighted by atomic mass is 10.1. The van der Waals surface area contributed by atoms with E-state index in [0.717, 1.165) is 22.3 Å². The number of halogens is 1. The van der Waals surface area contributed by atoms with E-state index in [4.69, 9.17) is 22.1 Å². The monoisotopic (exact) mass is 299 g/mol. The number of fused-ring (bicyclic) bond motifs is 1. The maximum atomic E-state index is 6.14. The zero-order valence-electron chi connectivity index (χ0n) is 11.4. The fraction of sp³-hybridized carbons (Fsp3) is 0.0625. The summed E-state index contributed by atoms with van der Waals surface area (Å²) in [6.07, 6.45) is 1.75. The number of hydrogen-bond acceptors (Lipinski definition) is 4. The fourth-order valence-electron chi connectivity index (χ4n) is 2.17. The summed E-state index contributed by atoms with van der Waals surface area (Å²) in [7, 11) is 1.59.